The van der Waals surface area contributed by atoms with Gasteiger partial charge in [0.05, 0.1) is 0 Å². The standard InChI is InChI=1S/C13H9.Li/c1-4-10-6-2-8-12-9-3-7-11(5-1)13(10)12;/h1-9H;. The number of hydrogen-bond acceptors (Lipinski definition) is 0. The van der Waals surface area contributed by atoms with Gasteiger partial charge in [0.25, 0.3) is 0 Å². The second-order valence-corrected chi connectivity index (χ2v) is 3.94. The number of allylic oxidation sites excluding steroid dienone is 1. The Morgan fingerprint density at radius 1 is 1.00 bits per heavy atom. The number of benzene rings is 2. The first-order valence-electron chi connectivity index (χ1n) is 5.06. The summed E-state index contributed by atoms with van der Waals surface area (Å²) in [5, 5.41) is 2.79. The van der Waals surface area contributed by atoms with E-state index in [-0.39, 0.29) is 0 Å². The zero-order valence-corrected chi connectivity index (χ0v) is 8.20. The van der Waals surface area contributed by atoms with Gasteiger partial charge in [0, 0.05) is 0 Å². The van der Waals surface area contributed by atoms with Gasteiger partial charge in [0.1, 0.15) is 0 Å². The van der Waals surface area contributed by atoms with Crippen molar-refractivity contribution >= 4 is 34.6 Å². The minimum atomic E-state index is 0.550. The quantitative estimate of drug-likeness (QED) is 0.535. The minimum absolute atomic E-state index is 0.550. The summed E-state index contributed by atoms with van der Waals surface area (Å²) in [5.74, 6) is 0. The first-order chi connectivity index (χ1) is 6.86. The number of rotatable bonds is 0. The summed E-state index contributed by atoms with van der Waals surface area (Å²) in [6.07, 6.45) is 4.51. The summed E-state index contributed by atoms with van der Waals surface area (Å²) in [5.41, 5.74) is 2.82. The monoisotopic (exact) mass is 172 g/mol. The van der Waals surface area contributed by atoms with Crippen LogP contribution in [0.5, 0.6) is 0 Å². The van der Waals surface area contributed by atoms with Gasteiger partial charge in [-0.05, 0) is 0 Å². The molecule has 0 saturated heterocycles. The van der Waals surface area contributed by atoms with E-state index in [2.05, 4.69) is 66.3 Å². The van der Waals surface area contributed by atoms with Crippen LogP contribution in [0, 0.1) is 0 Å². The van der Waals surface area contributed by atoms with E-state index in [4.69, 9.17) is 0 Å². The van der Waals surface area contributed by atoms with Crippen LogP contribution in [0.1, 0.15) is 15.7 Å². The summed E-state index contributed by atoms with van der Waals surface area (Å²) < 4.78 is 0.550. The van der Waals surface area contributed by atoms with E-state index in [1.807, 2.05) is 0 Å². The molecule has 0 N–H and O–H groups in total. The van der Waals surface area contributed by atoms with Crippen LogP contribution in [0.4, 0.5) is 0 Å². The molecule has 0 radical (unpaired) electrons. The summed E-state index contributed by atoms with van der Waals surface area (Å²) in [6.45, 7) is 0. The molecule has 2 aromatic rings. The predicted octanol–water partition coefficient (Wildman–Crippen LogP) is 3.08. The summed E-state index contributed by atoms with van der Waals surface area (Å²) in [7, 11) is 0. The van der Waals surface area contributed by atoms with Gasteiger partial charge in [0.2, 0.25) is 0 Å². The van der Waals surface area contributed by atoms with Crippen molar-refractivity contribution in [3.8, 4) is 0 Å². The Kier molecular flexibility index (Phi) is 1.80. The third kappa shape index (κ3) is 1.08. The van der Waals surface area contributed by atoms with Gasteiger partial charge in [-0.3, -0.25) is 0 Å². The Morgan fingerprint density at radius 3 is 2.64 bits per heavy atom. The average Bonchev–Trinajstić information content (AvgIpc) is 2.24. The van der Waals surface area contributed by atoms with Crippen molar-refractivity contribution in [3.05, 3.63) is 53.6 Å². The molecule has 1 aliphatic rings. The van der Waals surface area contributed by atoms with Crippen LogP contribution in [-0.2, 0) is 0 Å². The first-order valence-corrected chi connectivity index (χ1v) is 5.06. The van der Waals surface area contributed by atoms with Gasteiger partial charge in [-0.2, -0.15) is 0 Å². The molecule has 0 fully saturated rings. The summed E-state index contributed by atoms with van der Waals surface area (Å²) >= 11 is 2.25. The zero-order valence-electron chi connectivity index (χ0n) is 8.20. The summed E-state index contributed by atoms with van der Waals surface area (Å²) in [4.78, 5) is 0. The van der Waals surface area contributed by atoms with Crippen molar-refractivity contribution in [2.75, 3.05) is 0 Å². The van der Waals surface area contributed by atoms with Crippen molar-refractivity contribution in [2.45, 2.75) is 4.59 Å². The molecular formula is C13H9Li. The molecule has 0 bridgehead atoms. The van der Waals surface area contributed by atoms with E-state index in [0.29, 0.717) is 4.59 Å². The van der Waals surface area contributed by atoms with E-state index in [9.17, 15) is 0 Å². The third-order valence-electron chi connectivity index (χ3n) is 3.02. The van der Waals surface area contributed by atoms with Crippen LogP contribution in [-0.4, -0.2) is 17.7 Å². The fourth-order valence-corrected chi connectivity index (χ4v) is 2.27. The van der Waals surface area contributed by atoms with Gasteiger partial charge >= 0.3 is 92.8 Å². The van der Waals surface area contributed by atoms with Gasteiger partial charge in [-0.15, -0.1) is 0 Å². The maximum atomic E-state index is 2.27. The first kappa shape index (κ1) is 8.35. The van der Waals surface area contributed by atoms with Crippen LogP contribution in [0.15, 0.2) is 42.5 Å². The van der Waals surface area contributed by atoms with Crippen molar-refractivity contribution in [1.29, 1.82) is 0 Å². The fraction of sp³-hybridized carbons (Fsp3) is 0.0769. The molecule has 0 aromatic heterocycles. The van der Waals surface area contributed by atoms with Gasteiger partial charge in [0.15, 0.2) is 0 Å². The molecule has 0 heterocycles. The second kappa shape index (κ2) is 3.02. The van der Waals surface area contributed by atoms with Gasteiger partial charge in [-0.25, -0.2) is 0 Å². The Bertz CT molecular complexity index is 520. The Morgan fingerprint density at radius 2 is 1.79 bits per heavy atom. The topological polar surface area (TPSA) is 0 Å². The molecule has 3 rings (SSSR count). The fourth-order valence-electron chi connectivity index (χ4n) is 2.27. The third-order valence-corrected chi connectivity index (χ3v) is 3.02. The van der Waals surface area contributed by atoms with Crippen molar-refractivity contribution < 1.29 is 0 Å². The van der Waals surface area contributed by atoms with Crippen molar-refractivity contribution in [1.82, 2.24) is 0 Å². The zero-order chi connectivity index (χ0) is 9.54. The molecule has 0 saturated carbocycles. The van der Waals surface area contributed by atoms with Gasteiger partial charge in [-0.1, -0.05) is 0 Å². The molecule has 0 nitrogen and oxygen atoms in total. The molecule has 0 amide bonds. The Labute approximate surface area is 92.8 Å². The predicted molar refractivity (Wildman–Crippen MR) is 61.5 cm³/mol. The molecule has 1 heteroatoms. The molecule has 1 unspecified atom stereocenters. The molecule has 0 aliphatic heterocycles. The molecular weight excluding hydrogens is 163 g/mol. The van der Waals surface area contributed by atoms with E-state index >= 15 is 0 Å². The molecule has 0 spiro atoms. The Hall–Kier alpha value is -0.963. The molecule has 62 valence electrons. The maximum absolute atomic E-state index is 2.27. The second-order valence-electron chi connectivity index (χ2n) is 3.94. The van der Waals surface area contributed by atoms with E-state index in [0.717, 1.165) is 0 Å². The van der Waals surface area contributed by atoms with Crippen molar-refractivity contribution in [3.63, 3.8) is 0 Å². The molecule has 1 aliphatic carbocycles. The van der Waals surface area contributed by atoms with E-state index < -0.39 is 0 Å². The van der Waals surface area contributed by atoms with Crippen LogP contribution in [0.25, 0.3) is 16.8 Å². The average molecular weight is 172 g/mol. The van der Waals surface area contributed by atoms with Crippen LogP contribution in [0.3, 0.4) is 0 Å². The molecule has 1 atom stereocenters. The van der Waals surface area contributed by atoms with E-state index in [1.54, 1.807) is 0 Å². The Balaban J connectivity index is 2.52. The van der Waals surface area contributed by atoms with E-state index in [1.165, 1.54) is 21.9 Å². The van der Waals surface area contributed by atoms with Crippen LogP contribution in [0.2, 0.25) is 0 Å². The van der Waals surface area contributed by atoms with Crippen LogP contribution >= 0.6 is 0 Å². The van der Waals surface area contributed by atoms with Crippen molar-refractivity contribution in [2.24, 2.45) is 0 Å². The molecule has 2 aromatic carbocycles. The summed E-state index contributed by atoms with van der Waals surface area (Å²) in [6, 6.07) is 13.1. The van der Waals surface area contributed by atoms with Crippen LogP contribution < -0.4 is 0 Å². The normalized spacial score (nSPS) is 18.9. The number of hydrogen-bond donors (Lipinski definition) is 0. The SMILES string of the molecule is [Li][CH]1C=Cc2cccc3cccc1c23. The molecule has 14 heavy (non-hydrogen) atoms. The van der Waals surface area contributed by atoms with Gasteiger partial charge < -0.3 is 0 Å².